The number of hydrogen-bond acceptors (Lipinski definition) is 3. The first kappa shape index (κ1) is 19.3. The van der Waals surface area contributed by atoms with Crippen molar-refractivity contribution >= 4 is 34.7 Å². The van der Waals surface area contributed by atoms with Gasteiger partial charge in [-0.25, -0.2) is 4.90 Å². The van der Waals surface area contributed by atoms with E-state index >= 15 is 0 Å². The van der Waals surface area contributed by atoms with Crippen LogP contribution in [0.25, 0.3) is 11.8 Å². The van der Waals surface area contributed by atoms with Gasteiger partial charge >= 0.3 is 0 Å². The molecule has 4 nitrogen and oxygen atoms in total. The number of rotatable bonds is 3. The van der Waals surface area contributed by atoms with Crippen LogP contribution >= 0.6 is 11.8 Å². The van der Waals surface area contributed by atoms with E-state index in [1.807, 2.05) is 31.2 Å². The lowest BCUT2D eigenvalue weighted by molar-refractivity contribution is -0.113. The van der Waals surface area contributed by atoms with Crippen LogP contribution in [-0.4, -0.2) is 15.7 Å². The average Bonchev–Trinajstić information content (AvgIpc) is 3.11. The average molecular weight is 403 g/mol. The topological polar surface area (TPSA) is 42.3 Å². The zero-order chi connectivity index (χ0) is 20.7. The molecule has 0 bridgehead atoms. The van der Waals surface area contributed by atoms with E-state index in [4.69, 9.17) is 0 Å². The van der Waals surface area contributed by atoms with Crippen LogP contribution in [0.4, 0.5) is 10.5 Å². The van der Waals surface area contributed by atoms with Crippen molar-refractivity contribution < 1.29 is 9.59 Å². The van der Waals surface area contributed by atoms with E-state index in [9.17, 15) is 9.59 Å². The van der Waals surface area contributed by atoms with Crippen molar-refractivity contribution in [3.8, 4) is 5.69 Å². The molecule has 2 amide bonds. The molecule has 1 aliphatic rings. The highest BCUT2D eigenvalue weighted by Gasteiger charge is 2.36. The van der Waals surface area contributed by atoms with E-state index in [0.717, 1.165) is 34.4 Å². The second kappa shape index (κ2) is 7.41. The highest BCUT2D eigenvalue weighted by Crippen LogP contribution is 2.36. The van der Waals surface area contributed by atoms with E-state index in [1.165, 1.54) is 16.0 Å². The van der Waals surface area contributed by atoms with Gasteiger partial charge in [-0.15, -0.1) is 0 Å². The maximum Gasteiger partial charge on any atom is 0.298 e. The Morgan fingerprint density at radius 2 is 1.62 bits per heavy atom. The maximum atomic E-state index is 12.9. The Morgan fingerprint density at radius 3 is 2.31 bits per heavy atom. The van der Waals surface area contributed by atoms with Crippen LogP contribution in [0.15, 0.2) is 59.5 Å². The number of carbonyl (C=O) groups is 2. The number of aromatic nitrogens is 1. The maximum absolute atomic E-state index is 12.9. The minimum atomic E-state index is -0.275. The van der Waals surface area contributed by atoms with Gasteiger partial charge in [0.05, 0.1) is 10.6 Å². The van der Waals surface area contributed by atoms with E-state index < -0.39 is 0 Å². The van der Waals surface area contributed by atoms with Crippen LogP contribution < -0.4 is 4.90 Å². The number of para-hydroxylation sites is 1. The first-order chi connectivity index (χ1) is 13.9. The van der Waals surface area contributed by atoms with Crippen molar-refractivity contribution in [3.05, 3.63) is 87.6 Å². The molecule has 29 heavy (non-hydrogen) atoms. The molecule has 3 aromatic rings. The summed E-state index contributed by atoms with van der Waals surface area (Å²) in [5.74, 6) is -0.275. The minimum Gasteiger partial charge on any atom is -0.318 e. The van der Waals surface area contributed by atoms with E-state index in [-0.39, 0.29) is 11.1 Å². The summed E-state index contributed by atoms with van der Waals surface area (Å²) >= 11 is 0.985. The van der Waals surface area contributed by atoms with Crippen molar-refractivity contribution in [3.63, 3.8) is 0 Å². The molecule has 1 saturated heterocycles. The summed E-state index contributed by atoms with van der Waals surface area (Å²) in [7, 11) is 0. The van der Waals surface area contributed by atoms with E-state index in [0.29, 0.717) is 10.6 Å². The summed E-state index contributed by atoms with van der Waals surface area (Å²) in [4.78, 5) is 27.0. The Kier molecular flexibility index (Phi) is 4.92. The number of benzene rings is 2. The summed E-state index contributed by atoms with van der Waals surface area (Å²) in [6.07, 6.45) is 1.83. The monoisotopic (exact) mass is 402 g/mol. The predicted octanol–water partition coefficient (Wildman–Crippen LogP) is 5.95. The van der Waals surface area contributed by atoms with Gasteiger partial charge < -0.3 is 4.57 Å². The van der Waals surface area contributed by atoms with Gasteiger partial charge in [0.1, 0.15) is 0 Å². The van der Waals surface area contributed by atoms with Gasteiger partial charge in [0.2, 0.25) is 0 Å². The summed E-state index contributed by atoms with van der Waals surface area (Å²) in [6.45, 7) is 8.28. The molecule has 0 aliphatic carbocycles. The van der Waals surface area contributed by atoms with E-state index in [2.05, 4.69) is 49.6 Å². The first-order valence-corrected chi connectivity index (χ1v) is 10.3. The van der Waals surface area contributed by atoms with Gasteiger partial charge in [0, 0.05) is 17.1 Å². The predicted molar refractivity (Wildman–Crippen MR) is 120 cm³/mol. The van der Waals surface area contributed by atoms with Crippen LogP contribution in [0, 0.1) is 27.7 Å². The van der Waals surface area contributed by atoms with Crippen LogP contribution in [0.2, 0.25) is 0 Å². The Morgan fingerprint density at radius 1 is 0.897 bits per heavy atom. The molecule has 5 heteroatoms. The highest BCUT2D eigenvalue weighted by molar-refractivity contribution is 8.19. The van der Waals surface area contributed by atoms with Crippen LogP contribution in [0.3, 0.4) is 0 Å². The first-order valence-electron chi connectivity index (χ1n) is 9.46. The smallest absolute Gasteiger partial charge is 0.298 e. The van der Waals surface area contributed by atoms with Crippen LogP contribution in [0.5, 0.6) is 0 Å². The van der Waals surface area contributed by atoms with Crippen LogP contribution in [0.1, 0.15) is 28.1 Å². The lowest BCUT2D eigenvalue weighted by Gasteiger charge is -2.13. The fraction of sp³-hybridized carbons (Fsp3) is 0.167. The zero-order valence-electron chi connectivity index (χ0n) is 16.9. The molecule has 1 aromatic heterocycles. The fourth-order valence-corrected chi connectivity index (χ4v) is 4.60. The zero-order valence-corrected chi connectivity index (χ0v) is 17.7. The van der Waals surface area contributed by atoms with Gasteiger partial charge in [-0.2, -0.15) is 0 Å². The van der Waals surface area contributed by atoms with E-state index in [1.54, 1.807) is 12.1 Å². The molecule has 146 valence electrons. The number of anilines is 1. The van der Waals surface area contributed by atoms with Gasteiger partial charge in [-0.05, 0) is 80.9 Å². The molecule has 2 heterocycles. The number of aryl methyl sites for hydroxylation is 3. The molecule has 0 radical (unpaired) electrons. The summed E-state index contributed by atoms with van der Waals surface area (Å²) in [5, 5.41) is -0.268. The fourth-order valence-electron chi connectivity index (χ4n) is 3.77. The van der Waals surface area contributed by atoms with Crippen molar-refractivity contribution in [2.75, 3.05) is 4.90 Å². The molecule has 4 rings (SSSR count). The number of thioether (sulfide) groups is 1. The molecule has 0 spiro atoms. The van der Waals surface area contributed by atoms with Gasteiger partial charge in [0.25, 0.3) is 11.1 Å². The molecule has 1 fully saturated rings. The SMILES string of the molecule is Cc1ccc(-n2c(C)cc(/C=C3\SC(=O)N(c4ccccc4)C3=O)c2C)c(C)c1. The van der Waals surface area contributed by atoms with Gasteiger partial charge in [-0.3, -0.25) is 9.59 Å². The number of imide groups is 1. The molecule has 0 N–H and O–H groups in total. The number of hydrogen-bond donors (Lipinski definition) is 0. The number of amides is 2. The molecule has 1 aliphatic heterocycles. The normalized spacial score (nSPS) is 15.6. The third kappa shape index (κ3) is 3.42. The third-order valence-electron chi connectivity index (χ3n) is 5.16. The standard InChI is InChI=1S/C24H22N2O2S/c1-15-10-11-21(16(2)12-15)25-17(3)13-19(18(25)4)14-22-23(27)26(24(28)29-22)20-8-6-5-7-9-20/h5-14H,1-4H3/b22-14-. The van der Waals surface area contributed by atoms with Gasteiger partial charge in [-0.1, -0.05) is 35.9 Å². The Hall–Kier alpha value is -3.05. The highest BCUT2D eigenvalue weighted by atomic mass is 32.2. The molecular formula is C24H22N2O2S. The molecule has 0 unspecified atom stereocenters. The summed E-state index contributed by atoms with van der Waals surface area (Å²) < 4.78 is 2.20. The molecule has 0 atom stereocenters. The quantitative estimate of drug-likeness (QED) is 0.508. The lowest BCUT2D eigenvalue weighted by Crippen LogP contribution is -2.27. The van der Waals surface area contributed by atoms with Gasteiger partial charge in [0.15, 0.2) is 0 Å². The minimum absolute atomic E-state index is 0.268. The molecule has 0 saturated carbocycles. The van der Waals surface area contributed by atoms with Crippen molar-refractivity contribution in [2.24, 2.45) is 0 Å². The third-order valence-corrected chi connectivity index (χ3v) is 6.03. The van der Waals surface area contributed by atoms with Crippen molar-refractivity contribution in [1.29, 1.82) is 0 Å². The van der Waals surface area contributed by atoms with Crippen molar-refractivity contribution in [2.45, 2.75) is 27.7 Å². The Bertz CT molecular complexity index is 1160. The summed E-state index contributed by atoms with van der Waals surface area (Å²) in [6, 6.07) is 17.5. The number of carbonyl (C=O) groups excluding carboxylic acids is 2. The Balaban J connectivity index is 1.73. The van der Waals surface area contributed by atoms with Crippen molar-refractivity contribution in [1.82, 2.24) is 4.57 Å². The molecular weight excluding hydrogens is 380 g/mol. The second-order valence-electron chi connectivity index (χ2n) is 7.30. The second-order valence-corrected chi connectivity index (χ2v) is 8.30. The van der Waals surface area contributed by atoms with Crippen LogP contribution in [-0.2, 0) is 4.79 Å². The number of nitrogens with zero attached hydrogens (tertiary/aromatic N) is 2. The summed E-state index contributed by atoms with van der Waals surface area (Å²) in [5.41, 5.74) is 7.22. The lowest BCUT2D eigenvalue weighted by atomic mass is 10.1. The molecule has 2 aromatic carbocycles. The largest absolute Gasteiger partial charge is 0.318 e. The Labute approximate surface area is 174 Å².